The molecular weight excluding hydrogens is 576 g/mol. The molecule has 0 bridgehead atoms. The lowest BCUT2D eigenvalue weighted by Gasteiger charge is -2.14. The minimum Gasteiger partial charge on any atom is -0.478 e. The number of hydrogen-bond acceptors (Lipinski definition) is 6. The summed E-state index contributed by atoms with van der Waals surface area (Å²) < 4.78 is 0. The van der Waals surface area contributed by atoms with E-state index < -0.39 is 23.0 Å². The van der Waals surface area contributed by atoms with Crippen LogP contribution in [0.3, 0.4) is 0 Å². The number of benzene rings is 3. The van der Waals surface area contributed by atoms with Gasteiger partial charge in [0, 0.05) is 34.2 Å². The first-order valence-electron chi connectivity index (χ1n) is 12.6. The van der Waals surface area contributed by atoms with Gasteiger partial charge in [-0.15, -0.1) is 11.8 Å². The van der Waals surface area contributed by atoms with Crippen molar-refractivity contribution in [1.82, 2.24) is 10.3 Å². The number of hydrogen-bond donors (Lipinski definition) is 4. The molecule has 0 aliphatic rings. The molecule has 0 spiro atoms. The standard InChI is InChI=1S/C31H25ClN4O5S/c1-19(28(37)35-23-11-14-26(32)25(17-23)31(40)41)42-24-12-9-22(10-13-24)34-30(39)27(16-20-6-5-15-33-18-20)36-29(38)21-7-3-2-4-8-21/h2-19H,1H3,(H,34,39)(H,35,37)(H,36,38)(H,40,41)/b27-16-. The lowest BCUT2D eigenvalue weighted by Crippen LogP contribution is -2.30. The molecule has 0 saturated heterocycles. The molecule has 42 heavy (non-hydrogen) atoms. The number of anilines is 2. The van der Waals surface area contributed by atoms with Gasteiger partial charge in [-0.3, -0.25) is 19.4 Å². The van der Waals surface area contributed by atoms with Crippen LogP contribution in [0.1, 0.15) is 33.2 Å². The Labute approximate surface area is 251 Å². The fraction of sp³-hybridized carbons (Fsp3) is 0.0645. The maximum atomic E-state index is 13.2. The van der Waals surface area contributed by atoms with E-state index in [1.807, 2.05) is 0 Å². The van der Waals surface area contributed by atoms with E-state index >= 15 is 0 Å². The average Bonchev–Trinajstić information content (AvgIpc) is 2.99. The Morgan fingerprint density at radius 1 is 0.905 bits per heavy atom. The minimum atomic E-state index is -1.19. The number of halogens is 1. The molecule has 9 nitrogen and oxygen atoms in total. The van der Waals surface area contributed by atoms with E-state index in [0.29, 0.717) is 22.5 Å². The number of thioether (sulfide) groups is 1. The molecular formula is C31H25ClN4O5S. The van der Waals surface area contributed by atoms with Crippen LogP contribution in [-0.2, 0) is 9.59 Å². The van der Waals surface area contributed by atoms with E-state index in [2.05, 4.69) is 20.9 Å². The highest BCUT2D eigenvalue weighted by Gasteiger charge is 2.18. The molecule has 212 valence electrons. The lowest BCUT2D eigenvalue weighted by atomic mass is 10.2. The highest BCUT2D eigenvalue weighted by Crippen LogP contribution is 2.27. The van der Waals surface area contributed by atoms with Gasteiger partial charge in [0.2, 0.25) is 5.91 Å². The summed E-state index contributed by atoms with van der Waals surface area (Å²) in [5, 5.41) is 17.0. The van der Waals surface area contributed by atoms with Crippen molar-refractivity contribution in [2.24, 2.45) is 0 Å². The van der Waals surface area contributed by atoms with Crippen molar-refractivity contribution < 1.29 is 24.3 Å². The van der Waals surface area contributed by atoms with Gasteiger partial charge in [-0.1, -0.05) is 35.9 Å². The summed E-state index contributed by atoms with van der Waals surface area (Å²) in [6.45, 7) is 1.72. The zero-order chi connectivity index (χ0) is 30.1. The van der Waals surface area contributed by atoms with Crippen molar-refractivity contribution in [3.05, 3.63) is 125 Å². The Kier molecular flexibility index (Phi) is 10.1. The molecule has 1 unspecified atom stereocenters. The number of carbonyl (C=O) groups is 4. The normalized spacial score (nSPS) is 11.7. The number of nitrogens with zero attached hydrogens (tertiary/aromatic N) is 1. The fourth-order valence-electron chi connectivity index (χ4n) is 3.65. The third-order valence-electron chi connectivity index (χ3n) is 5.78. The predicted molar refractivity (Wildman–Crippen MR) is 164 cm³/mol. The molecule has 4 N–H and O–H groups in total. The number of aromatic nitrogens is 1. The van der Waals surface area contributed by atoms with Gasteiger partial charge in [0.1, 0.15) is 5.70 Å². The van der Waals surface area contributed by atoms with Crippen LogP contribution in [0.15, 0.2) is 108 Å². The quantitative estimate of drug-likeness (QED) is 0.130. The molecule has 1 atom stereocenters. The van der Waals surface area contributed by atoms with Gasteiger partial charge in [-0.05, 0) is 79.2 Å². The van der Waals surface area contributed by atoms with Crippen LogP contribution >= 0.6 is 23.4 Å². The first-order chi connectivity index (χ1) is 20.2. The summed E-state index contributed by atoms with van der Waals surface area (Å²) >= 11 is 7.18. The zero-order valence-electron chi connectivity index (χ0n) is 22.2. The second kappa shape index (κ2) is 14.1. The lowest BCUT2D eigenvalue weighted by molar-refractivity contribution is -0.115. The summed E-state index contributed by atoms with van der Waals surface area (Å²) in [6.07, 6.45) is 4.72. The third kappa shape index (κ3) is 8.29. The van der Waals surface area contributed by atoms with Crippen LogP contribution in [0.5, 0.6) is 0 Å². The summed E-state index contributed by atoms with van der Waals surface area (Å²) in [4.78, 5) is 54.8. The van der Waals surface area contributed by atoms with Crippen LogP contribution in [0.4, 0.5) is 11.4 Å². The number of rotatable bonds is 10. The van der Waals surface area contributed by atoms with Crippen molar-refractivity contribution in [2.75, 3.05) is 10.6 Å². The number of aromatic carboxylic acids is 1. The number of nitrogens with one attached hydrogen (secondary N) is 3. The van der Waals surface area contributed by atoms with Gasteiger partial charge >= 0.3 is 5.97 Å². The molecule has 0 saturated carbocycles. The van der Waals surface area contributed by atoms with Crippen molar-refractivity contribution in [1.29, 1.82) is 0 Å². The number of amides is 3. The molecule has 3 amide bonds. The Bertz CT molecular complexity index is 1630. The average molecular weight is 601 g/mol. The van der Waals surface area contributed by atoms with E-state index in [1.165, 1.54) is 36.0 Å². The van der Waals surface area contributed by atoms with Gasteiger partial charge < -0.3 is 21.1 Å². The van der Waals surface area contributed by atoms with Gasteiger partial charge in [0.05, 0.1) is 15.8 Å². The van der Waals surface area contributed by atoms with E-state index in [-0.39, 0.29) is 22.2 Å². The maximum absolute atomic E-state index is 13.2. The summed E-state index contributed by atoms with van der Waals surface area (Å²) in [6, 6.07) is 23.2. The van der Waals surface area contributed by atoms with Crippen molar-refractivity contribution >= 4 is 64.5 Å². The second-order valence-electron chi connectivity index (χ2n) is 8.89. The summed E-state index contributed by atoms with van der Waals surface area (Å²) in [7, 11) is 0. The Hall–Kier alpha value is -4.93. The van der Waals surface area contributed by atoms with Gasteiger partial charge in [-0.2, -0.15) is 0 Å². The number of pyridine rings is 1. The van der Waals surface area contributed by atoms with Crippen LogP contribution in [0.2, 0.25) is 5.02 Å². The van der Waals surface area contributed by atoms with Crippen LogP contribution in [0, 0.1) is 0 Å². The minimum absolute atomic E-state index is 0.0360. The number of carboxylic acid groups (broad SMARTS) is 1. The van der Waals surface area contributed by atoms with Gasteiger partial charge in [0.15, 0.2) is 0 Å². The number of carbonyl (C=O) groups excluding carboxylic acids is 3. The van der Waals surface area contributed by atoms with Crippen LogP contribution < -0.4 is 16.0 Å². The SMILES string of the molecule is CC(Sc1ccc(NC(=O)/C(=C/c2cccnc2)NC(=O)c2ccccc2)cc1)C(=O)Nc1ccc(Cl)c(C(=O)O)c1. The van der Waals surface area contributed by atoms with Crippen molar-refractivity contribution in [2.45, 2.75) is 17.1 Å². The van der Waals surface area contributed by atoms with Crippen LogP contribution in [-0.4, -0.2) is 39.0 Å². The molecule has 0 fully saturated rings. The molecule has 4 rings (SSSR count). The monoisotopic (exact) mass is 600 g/mol. The van der Waals surface area contributed by atoms with E-state index in [1.54, 1.807) is 86.0 Å². The first-order valence-corrected chi connectivity index (χ1v) is 13.9. The van der Waals surface area contributed by atoms with E-state index in [4.69, 9.17) is 11.6 Å². The molecule has 1 aromatic heterocycles. The molecule has 0 aliphatic carbocycles. The molecule has 0 radical (unpaired) electrons. The zero-order valence-corrected chi connectivity index (χ0v) is 23.8. The van der Waals surface area contributed by atoms with E-state index in [9.17, 15) is 24.3 Å². The molecule has 3 aromatic carbocycles. The predicted octanol–water partition coefficient (Wildman–Crippen LogP) is 5.96. The highest BCUT2D eigenvalue weighted by atomic mass is 35.5. The van der Waals surface area contributed by atoms with Crippen molar-refractivity contribution in [3.63, 3.8) is 0 Å². The molecule has 11 heteroatoms. The van der Waals surface area contributed by atoms with E-state index in [0.717, 1.165) is 4.90 Å². The molecule has 0 aliphatic heterocycles. The Balaban J connectivity index is 1.40. The summed E-state index contributed by atoms with van der Waals surface area (Å²) in [5.41, 5.74) is 1.77. The second-order valence-corrected chi connectivity index (χ2v) is 10.7. The Morgan fingerprint density at radius 3 is 2.29 bits per heavy atom. The fourth-order valence-corrected chi connectivity index (χ4v) is 4.72. The molecule has 4 aromatic rings. The Morgan fingerprint density at radius 2 is 1.62 bits per heavy atom. The first kappa shape index (κ1) is 30.0. The largest absolute Gasteiger partial charge is 0.478 e. The van der Waals surface area contributed by atoms with Gasteiger partial charge in [-0.25, -0.2) is 4.79 Å². The number of carboxylic acids is 1. The third-order valence-corrected chi connectivity index (χ3v) is 7.22. The van der Waals surface area contributed by atoms with Gasteiger partial charge in [0.25, 0.3) is 11.8 Å². The van der Waals surface area contributed by atoms with Crippen LogP contribution in [0.25, 0.3) is 6.08 Å². The topological polar surface area (TPSA) is 137 Å². The smallest absolute Gasteiger partial charge is 0.337 e. The van der Waals surface area contributed by atoms with Crippen molar-refractivity contribution in [3.8, 4) is 0 Å². The highest BCUT2D eigenvalue weighted by molar-refractivity contribution is 8.00. The molecule has 1 heterocycles. The maximum Gasteiger partial charge on any atom is 0.337 e. The summed E-state index contributed by atoms with van der Waals surface area (Å²) in [5.74, 6) is -2.47.